The zero-order chi connectivity index (χ0) is 24.1. The molecule has 0 bridgehead atoms. The summed E-state index contributed by atoms with van der Waals surface area (Å²) in [7, 11) is 1.50. The van der Waals surface area contributed by atoms with Gasteiger partial charge in [-0.1, -0.05) is 30.3 Å². The average Bonchev–Trinajstić information content (AvgIpc) is 3.26. The second-order valence-corrected chi connectivity index (χ2v) is 8.00. The third-order valence-electron chi connectivity index (χ3n) is 6.06. The van der Waals surface area contributed by atoms with E-state index in [0.29, 0.717) is 58.2 Å². The number of carboxylic acids is 1. The fraction of sp³-hybridized carbons (Fsp3) is 0.111. The van der Waals surface area contributed by atoms with Crippen LogP contribution < -0.4 is 19.8 Å². The summed E-state index contributed by atoms with van der Waals surface area (Å²) in [6, 6.07) is 19.3. The smallest absolute Gasteiger partial charge is 0.342 e. The van der Waals surface area contributed by atoms with Crippen molar-refractivity contribution in [2.45, 2.75) is 0 Å². The van der Waals surface area contributed by atoms with Gasteiger partial charge in [0, 0.05) is 10.9 Å². The Balaban J connectivity index is 1.81. The number of fused-ring (bicyclic) bond motifs is 4. The summed E-state index contributed by atoms with van der Waals surface area (Å²) in [6.45, 7) is 0.799. The SMILES string of the molecule is COc1ccccc1-n1c(=O)c(C(=O)O)c(-c2ccc3c(c2)OCCO3)c2oc3ccccc3c21. The molecule has 0 unspecified atom stereocenters. The van der Waals surface area contributed by atoms with Crippen LogP contribution in [-0.4, -0.2) is 36.0 Å². The molecule has 0 amide bonds. The first-order valence-corrected chi connectivity index (χ1v) is 11.0. The van der Waals surface area contributed by atoms with Crippen LogP contribution in [0.15, 0.2) is 75.9 Å². The Morgan fingerprint density at radius 2 is 1.71 bits per heavy atom. The molecular formula is C27H19NO7. The van der Waals surface area contributed by atoms with Crippen LogP contribution in [0.3, 0.4) is 0 Å². The molecule has 8 heteroatoms. The second-order valence-electron chi connectivity index (χ2n) is 8.00. The standard InChI is InChI=1S/C27H19NO7/c1-32-19-9-5-3-7-17(19)28-24-16-6-2-4-8-18(16)35-25(24)22(23(26(28)29)27(30)31)15-10-11-20-21(14-15)34-13-12-33-20/h2-11,14H,12-13H2,1H3,(H,30,31). The van der Waals surface area contributed by atoms with Crippen LogP contribution in [0.1, 0.15) is 10.4 Å². The van der Waals surface area contributed by atoms with Gasteiger partial charge in [0.05, 0.1) is 12.8 Å². The van der Waals surface area contributed by atoms with Gasteiger partial charge in [-0.3, -0.25) is 9.36 Å². The number of hydrogen-bond donors (Lipinski definition) is 1. The predicted octanol–water partition coefficient (Wildman–Crippen LogP) is 4.88. The number of pyridine rings is 1. The van der Waals surface area contributed by atoms with Gasteiger partial charge in [-0.15, -0.1) is 0 Å². The van der Waals surface area contributed by atoms with Crippen LogP contribution in [0, 0.1) is 0 Å². The highest BCUT2D eigenvalue weighted by atomic mass is 16.6. The molecule has 6 rings (SSSR count). The molecule has 174 valence electrons. The van der Waals surface area contributed by atoms with Crippen molar-refractivity contribution in [3.05, 3.63) is 82.6 Å². The topological polar surface area (TPSA) is 100 Å². The molecule has 0 atom stereocenters. The van der Waals surface area contributed by atoms with Crippen molar-refractivity contribution in [2.24, 2.45) is 0 Å². The fourth-order valence-electron chi connectivity index (χ4n) is 4.57. The van der Waals surface area contributed by atoms with Gasteiger partial charge in [0.15, 0.2) is 17.1 Å². The van der Waals surface area contributed by atoms with Crippen molar-refractivity contribution in [1.29, 1.82) is 0 Å². The van der Waals surface area contributed by atoms with E-state index >= 15 is 0 Å². The summed E-state index contributed by atoms with van der Waals surface area (Å²) in [5.74, 6) is 0.0823. The minimum atomic E-state index is -1.37. The second kappa shape index (κ2) is 7.95. The number of hydrogen-bond acceptors (Lipinski definition) is 6. The van der Waals surface area contributed by atoms with Crippen molar-refractivity contribution in [3.8, 4) is 34.1 Å². The lowest BCUT2D eigenvalue weighted by molar-refractivity contribution is 0.0695. The average molecular weight is 469 g/mol. The van der Waals surface area contributed by atoms with E-state index in [9.17, 15) is 14.7 Å². The van der Waals surface area contributed by atoms with E-state index < -0.39 is 17.1 Å². The maximum absolute atomic E-state index is 13.9. The van der Waals surface area contributed by atoms with E-state index in [1.165, 1.54) is 11.7 Å². The number of ether oxygens (including phenoxy) is 3. The number of aromatic carboxylic acids is 1. The van der Waals surface area contributed by atoms with Gasteiger partial charge < -0.3 is 23.7 Å². The highest BCUT2D eigenvalue weighted by molar-refractivity contribution is 6.12. The van der Waals surface area contributed by atoms with Crippen LogP contribution in [0.4, 0.5) is 0 Å². The molecule has 3 aromatic carbocycles. The first kappa shape index (κ1) is 20.9. The largest absolute Gasteiger partial charge is 0.495 e. The molecular weight excluding hydrogens is 450 g/mol. The van der Waals surface area contributed by atoms with Gasteiger partial charge in [-0.2, -0.15) is 0 Å². The summed E-state index contributed by atoms with van der Waals surface area (Å²) < 4.78 is 24.4. The number of benzene rings is 3. The molecule has 2 aromatic heterocycles. The third-order valence-corrected chi connectivity index (χ3v) is 6.06. The summed E-state index contributed by atoms with van der Waals surface area (Å²) in [4.78, 5) is 26.5. The maximum atomic E-state index is 13.9. The Morgan fingerprint density at radius 1 is 0.971 bits per heavy atom. The number of methoxy groups -OCH3 is 1. The summed E-state index contributed by atoms with van der Waals surface area (Å²) in [6.07, 6.45) is 0. The lowest BCUT2D eigenvalue weighted by Crippen LogP contribution is -2.27. The zero-order valence-electron chi connectivity index (χ0n) is 18.6. The number of carboxylic acid groups (broad SMARTS) is 1. The normalized spacial score (nSPS) is 12.7. The molecule has 0 aliphatic carbocycles. The predicted molar refractivity (Wildman–Crippen MR) is 129 cm³/mol. The van der Waals surface area contributed by atoms with Crippen molar-refractivity contribution < 1.29 is 28.5 Å². The molecule has 8 nitrogen and oxygen atoms in total. The first-order valence-electron chi connectivity index (χ1n) is 11.0. The van der Waals surface area contributed by atoms with Crippen molar-refractivity contribution in [2.75, 3.05) is 20.3 Å². The van der Waals surface area contributed by atoms with E-state index in [-0.39, 0.29) is 11.1 Å². The maximum Gasteiger partial charge on any atom is 0.342 e. The van der Waals surface area contributed by atoms with Crippen LogP contribution in [-0.2, 0) is 0 Å². The quantitative estimate of drug-likeness (QED) is 0.400. The minimum Gasteiger partial charge on any atom is -0.495 e. The molecule has 0 saturated carbocycles. The Bertz CT molecular complexity index is 1700. The molecule has 0 saturated heterocycles. The molecule has 0 radical (unpaired) electrons. The van der Waals surface area contributed by atoms with E-state index in [1.807, 2.05) is 18.2 Å². The Kier molecular flexibility index (Phi) is 4.74. The van der Waals surface area contributed by atoms with Gasteiger partial charge in [-0.25, -0.2) is 4.79 Å². The number of carbonyl (C=O) groups is 1. The summed E-state index contributed by atoms with van der Waals surface area (Å²) in [5, 5.41) is 10.9. The molecule has 1 N–H and O–H groups in total. The van der Waals surface area contributed by atoms with Crippen LogP contribution >= 0.6 is 0 Å². The molecule has 1 aliphatic heterocycles. The van der Waals surface area contributed by atoms with E-state index in [2.05, 4.69) is 0 Å². The lowest BCUT2D eigenvalue weighted by atomic mass is 9.98. The van der Waals surface area contributed by atoms with Gasteiger partial charge in [0.2, 0.25) is 0 Å². The summed E-state index contributed by atoms with van der Waals surface area (Å²) in [5.41, 5.74) is 1.18. The van der Waals surface area contributed by atoms with Gasteiger partial charge in [0.25, 0.3) is 5.56 Å². The summed E-state index contributed by atoms with van der Waals surface area (Å²) >= 11 is 0. The molecule has 0 fully saturated rings. The van der Waals surface area contributed by atoms with E-state index in [1.54, 1.807) is 48.5 Å². The molecule has 0 spiro atoms. The minimum absolute atomic E-state index is 0.178. The number of para-hydroxylation sites is 3. The highest BCUT2D eigenvalue weighted by Crippen LogP contribution is 2.41. The van der Waals surface area contributed by atoms with Gasteiger partial charge in [0.1, 0.15) is 35.6 Å². The molecule has 5 aromatic rings. The number of furan rings is 1. The Labute approximate surface area is 198 Å². The fourth-order valence-corrected chi connectivity index (χ4v) is 4.57. The van der Waals surface area contributed by atoms with Crippen LogP contribution in [0.25, 0.3) is 38.9 Å². The van der Waals surface area contributed by atoms with Crippen LogP contribution in [0.5, 0.6) is 17.2 Å². The lowest BCUT2D eigenvalue weighted by Gasteiger charge is -2.20. The highest BCUT2D eigenvalue weighted by Gasteiger charge is 2.29. The number of aromatic nitrogens is 1. The number of nitrogens with zero attached hydrogens (tertiary/aromatic N) is 1. The van der Waals surface area contributed by atoms with E-state index in [0.717, 1.165) is 0 Å². The molecule has 35 heavy (non-hydrogen) atoms. The van der Waals surface area contributed by atoms with Gasteiger partial charge in [-0.05, 0) is 42.0 Å². The van der Waals surface area contributed by atoms with Gasteiger partial charge >= 0.3 is 5.97 Å². The van der Waals surface area contributed by atoms with Crippen LogP contribution in [0.2, 0.25) is 0 Å². The zero-order valence-corrected chi connectivity index (χ0v) is 18.6. The van der Waals surface area contributed by atoms with Crippen molar-refractivity contribution >= 4 is 28.0 Å². The molecule has 3 heterocycles. The molecule has 1 aliphatic rings. The first-order chi connectivity index (χ1) is 17.1. The number of rotatable bonds is 4. The Hall–Kier alpha value is -4.72. The Morgan fingerprint density at radius 3 is 2.51 bits per heavy atom. The third kappa shape index (κ3) is 3.14. The monoisotopic (exact) mass is 469 g/mol. The van der Waals surface area contributed by atoms with Crippen molar-refractivity contribution in [1.82, 2.24) is 4.57 Å². The van der Waals surface area contributed by atoms with E-state index in [4.69, 9.17) is 18.6 Å². The van der Waals surface area contributed by atoms with Crippen molar-refractivity contribution in [3.63, 3.8) is 0 Å².